The molecule has 2 aromatic carbocycles. The second-order valence-electron chi connectivity index (χ2n) is 6.99. The molecule has 7 nitrogen and oxygen atoms in total. The van der Waals surface area contributed by atoms with Crippen molar-refractivity contribution in [2.75, 3.05) is 40.1 Å². The lowest BCUT2D eigenvalue weighted by molar-refractivity contribution is -0.885. The van der Waals surface area contributed by atoms with Crippen LogP contribution in [-0.4, -0.2) is 53.4 Å². The van der Waals surface area contributed by atoms with Crippen LogP contribution in [0.25, 0.3) is 0 Å². The van der Waals surface area contributed by atoms with Gasteiger partial charge in [0.2, 0.25) is 10.0 Å². The van der Waals surface area contributed by atoms with E-state index in [4.69, 9.17) is 4.74 Å². The van der Waals surface area contributed by atoms with Gasteiger partial charge in [0.15, 0.2) is 6.54 Å². The molecule has 0 aliphatic carbocycles. The average Bonchev–Trinajstić information content (AvgIpc) is 2.63. The summed E-state index contributed by atoms with van der Waals surface area (Å²) < 4.78 is 31.1. The third-order valence-electron chi connectivity index (χ3n) is 4.31. The van der Waals surface area contributed by atoms with E-state index in [1.807, 2.05) is 26.1 Å². The molecule has 1 unspecified atom stereocenters. The van der Waals surface area contributed by atoms with E-state index < -0.39 is 10.0 Å². The van der Waals surface area contributed by atoms with Gasteiger partial charge in [0.05, 0.1) is 24.7 Å². The number of ether oxygens (including phenoxy) is 1. The molecule has 2 N–H and O–H groups in total. The number of carbonyl (C=O) groups is 1. The Bertz CT molecular complexity index is 925. The molecule has 2 rings (SSSR count). The van der Waals surface area contributed by atoms with E-state index in [1.54, 1.807) is 0 Å². The first-order valence-electron chi connectivity index (χ1n) is 8.90. The van der Waals surface area contributed by atoms with Crippen molar-refractivity contribution in [2.24, 2.45) is 0 Å². The lowest BCUT2D eigenvalue weighted by atomic mass is 10.1. The van der Waals surface area contributed by atoms with Crippen LogP contribution in [0.15, 0.2) is 47.4 Å². The fourth-order valence-corrected chi connectivity index (χ4v) is 3.67. The minimum absolute atomic E-state index is 0.0916. The molecule has 8 heteroatoms. The molecule has 0 aromatic heterocycles. The number of methoxy groups -OCH3 is 1. The van der Waals surface area contributed by atoms with Crippen LogP contribution in [0, 0.1) is 6.92 Å². The van der Waals surface area contributed by atoms with Gasteiger partial charge in [-0.15, -0.1) is 0 Å². The second kappa shape index (κ2) is 9.18. The third-order valence-corrected chi connectivity index (χ3v) is 6.12. The standard InChI is InChI=1S/C20H27N3O4S/c1-15-6-8-16(9-7-15)13-23(4)14-20(24)21-18-12-17(10-11-19(18)27-5)28(25,26)22(2)3/h6-12H,13-14H2,1-5H3,(H,21,24)/p+1. The Balaban J connectivity index is 2.10. The first kappa shape index (κ1) is 21.9. The fourth-order valence-electron chi connectivity index (χ4n) is 2.74. The Hall–Kier alpha value is -2.42. The number of quaternary nitrogens is 1. The summed E-state index contributed by atoms with van der Waals surface area (Å²) in [5.41, 5.74) is 2.67. The molecule has 0 saturated heterocycles. The van der Waals surface area contributed by atoms with Crippen LogP contribution >= 0.6 is 0 Å². The third kappa shape index (κ3) is 5.54. The van der Waals surface area contributed by atoms with Gasteiger partial charge >= 0.3 is 0 Å². The molecular weight excluding hydrogens is 378 g/mol. The van der Waals surface area contributed by atoms with Crippen molar-refractivity contribution in [3.8, 4) is 5.75 Å². The largest absolute Gasteiger partial charge is 0.495 e. The molecule has 152 valence electrons. The number of nitrogens with zero attached hydrogens (tertiary/aromatic N) is 1. The van der Waals surface area contributed by atoms with Crippen LogP contribution in [0.5, 0.6) is 5.75 Å². The van der Waals surface area contributed by atoms with Gasteiger partial charge in [0, 0.05) is 19.7 Å². The lowest BCUT2D eigenvalue weighted by Crippen LogP contribution is -3.08. The highest BCUT2D eigenvalue weighted by Crippen LogP contribution is 2.28. The minimum atomic E-state index is -3.61. The summed E-state index contributed by atoms with van der Waals surface area (Å²) in [6, 6.07) is 12.6. The molecule has 0 fully saturated rings. The molecule has 28 heavy (non-hydrogen) atoms. The van der Waals surface area contributed by atoms with Gasteiger partial charge in [-0.2, -0.15) is 0 Å². The Morgan fingerprint density at radius 3 is 2.36 bits per heavy atom. The van der Waals surface area contributed by atoms with Crippen LogP contribution < -0.4 is 15.0 Å². The van der Waals surface area contributed by atoms with Crippen molar-refractivity contribution in [3.05, 3.63) is 53.6 Å². The maximum absolute atomic E-state index is 12.5. The summed E-state index contributed by atoms with van der Waals surface area (Å²) in [4.78, 5) is 13.6. The lowest BCUT2D eigenvalue weighted by Gasteiger charge is -2.17. The van der Waals surface area contributed by atoms with E-state index in [9.17, 15) is 13.2 Å². The summed E-state index contributed by atoms with van der Waals surface area (Å²) in [5.74, 6) is 0.185. The summed E-state index contributed by atoms with van der Waals surface area (Å²) in [6.07, 6.45) is 0. The molecule has 0 saturated carbocycles. The number of hydrogen-bond acceptors (Lipinski definition) is 4. The van der Waals surface area contributed by atoms with Crippen LogP contribution in [0.1, 0.15) is 11.1 Å². The zero-order chi connectivity index (χ0) is 20.9. The highest BCUT2D eigenvalue weighted by atomic mass is 32.2. The second-order valence-corrected chi connectivity index (χ2v) is 9.15. The van der Waals surface area contributed by atoms with Crippen molar-refractivity contribution < 1.29 is 22.8 Å². The predicted octanol–water partition coefficient (Wildman–Crippen LogP) is 0.907. The highest BCUT2D eigenvalue weighted by molar-refractivity contribution is 7.89. The topological polar surface area (TPSA) is 80.2 Å². The maximum atomic E-state index is 12.5. The van der Waals surface area contributed by atoms with E-state index >= 15 is 0 Å². The first-order chi connectivity index (χ1) is 13.1. The van der Waals surface area contributed by atoms with Crippen LogP contribution in [-0.2, 0) is 21.4 Å². The summed E-state index contributed by atoms with van der Waals surface area (Å²) in [6.45, 7) is 2.98. The zero-order valence-corrected chi connectivity index (χ0v) is 17.8. The van der Waals surface area contributed by atoms with Crippen molar-refractivity contribution in [1.82, 2.24) is 4.31 Å². The van der Waals surface area contributed by atoms with E-state index in [0.717, 1.165) is 14.8 Å². The average molecular weight is 407 g/mol. The smallest absolute Gasteiger partial charge is 0.279 e. The number of benzene rings is 2. The number of rotatable bonds is 8. The number of anilines is 1. The molecule has 0 bridgehead atoms. The van der Waals surface area contributed by atoms with Gasteiger partial charge in [0.25, 0.3) is 5.91 Å². The van der Waals surface area contributed by atoms with E-state index in [-0.39, 0.29) is 17.3 Å². The molecule has 0 spiro atoms. The molecule has 0 radical (unpaired) electrons. The molecule has 2 aromatic rings. The molecule has 1 amide bonds. The number of hydrogen-bond donors (Lipinski definition) is 2. The Labute approximate surface area is 167 Å². The van der Waals surface area contributed by atoms with E-state index in [1.165, 1.54) is 45.0 Å². The number of carbonyl (C=O) groups excluding carboxylic acids is 1. The predicted molar refractivity (Wildman–Crippen MR) is 109 cm³/mol. The molecule has 1 atom stereocenters. The molecular formula is C20H28N3O4S+. The van der Waals surface area contributed by atoms with Crippen LogP contribution in [0.4, 0.5) is 5.69 Å². The summed E-state index contributed by atoms with van der Waals surface area (Å²) in [5, 5.41) is 2.77. The van der Waals surface area contributed by atoms with Gasteiger partial charge in [-0.05, 0) is 25.1 Å². The number of amides is 1. The highest BCUT2D eigenvalue weighted by Gasteiger charge is 2.20. The number of nitrogens with one attached hydrogen (secondary N) is 2. The quantitative estimate of drug-likeness (QED) is 0.683. The monoisotopic (exact) mass is 406 g/mol. The number of sulfonamides is 1. The van der Waals surface area contributed by atoms with Crippen molar-refractivity contribution in [2.45, 2.75) is 18.4 Å². The SMILES string of the molecule is COc1ccc(S(=O)(=O)N(C)C)cc1NC(=O)C[NH+](C)Cc1ccc(C)cc1. The summed E-state index contributed by atoms with van der Waals surface area (Å²) >= 11 is 0. The van der Waals surface area contributed by atoms with Crippen LogP contribution in [0.3, 0.4) is 0 Å². The Kier molecular flexibility index (Phi) is 7.17. The first-order valence-corrected chi connectivity index (χ1v) is 10.3. The molecule has 0 heterocycles. The Morgan fingerprint density at radius 2 is 1.79 bits per heavy atom. The zero-order valence-electron chi connectivity index (χ0n) is 16.9. The van der Waals surface area contributed by atoms with Gasteiger partial charge in [-0.3, -0.25) is 4.79 Å². The summed E-state index contributed by atoms with van der Waals surface area (Å²) in [7, 11) is 2.72. The van der Waals surface area contributed by atoms with Crippen LogP contribution in [0.2, 0.25) is 0 Å². The van der Waals surface area contributed by atoms with Crippen molar-refractivity contribution in [3.63, 3.8) is 0 Å². The van der Waals surface area contributed by atoms with Crippen molar-refractivity contribution in [1.29, 1.82) is 0 Å². The number of aryl methyl sites for hydroxylation is 1. The van der Waals surface area contributed by atoms with Gasteiger partial charge in [0.1, 0.15) is 12.3 Å². The fraction of sp³-hybridized carbons (Fsp3) is 0.350. The van der Waals surface area contributed by atoms with Gasteiger partial charge in [-0.1, -0.05) is 29.8 Å². The van der Waals surface area contributed by atoms with E-state index in [0.29, 0.717) is 18.0 Å². The maximum Gasteiger partial charge on any atom is 0.279 e. The van der Waals surface area contributed by atoms with E-state index in [2.05, 4.69) is 17.4 Å². The van der Waals surface area contributed by atoms with Crippen molar-refractivity contribution >= 4 is 21.6 Å². The molecule has 0 aliphatic rings. The normalized spacial score (nSPS) is 12.6. The minimum Gasteiger partial charge on any atom is -0.495 e. The Morgan fingerprint density at radius 1 is 1.14 bits per heavy atom. The molecule has 0 aliphatic heterocycles. The van der Waals surface area contributed by atoms with Gasteiger partial charge in [-0.25, -0.2) is 12.7 Å². The van der Waals surface area contributed by atoms with Gasteiger partial charge < -0.3 is 15.0 Å². The number of likely N-dealkylation sites (N-methyl/N-ethyl adjacent to an activating group) is 1.